The van der Waals surface area contributed by atoms with Crippen molar-refractivity contribution in [3.8, 4) is 17.2 Å². The largest absolute Gasteiger partial charge is 0.497 e. The minimum Gasteiger partial charge on any atom is -0.497 e. The van der Waals surface area contributed by atoms with Gasteiger partial charge in [-0.25, -0.2) is 5.01 Å². The fraction of sp³-hybridized carbons (Fsp3) is 0.240. The van der Waals surface area contributed by atoms with Gasteiger partial charge < -0.3 is 14.2 Å². The number of benzene rings is 3. The summed E-state index contributed by atoms with van der Waals surface area (Å²) in [4.78, 5) is 0. The average Bonchev–Trinajstić information content (AvgIpc) is 3.25. The Kier molecular flexibility index (Phi) is 5.32. The van der Waals surface area contributed by atoms with E-state index in [1.54, 1.807) is 7.11 Å². The second kappa shape index (κ2) is 8.27. The molecule has 158 valence electrons. The van der Waals surface area contributed by atoms with Gasteiger partial charge in [-0.3, -0.25) is 0 Å². The average molecular weight is 479 g/mol. The van der Waals surface area contributed by atoms with E-state index in [2.05, 4.69) is 51.3 Å². The van der Waals surface area contributed by atoms with Crippen molar-refractivity contribution in [2.75, 3.05) is 13.7 Å². The van der Waals surface area contributed by atoms with Crippen molar-refractivity contribution >= 4 is 21.6 Å². The fourth-order valence-electron chi connectivity index (χ4n) is 4.13. The van der Waals surface area contributed by atoms with Crippen molar-refractivity contribution < 1.29 is 14.2 Å². The van der Waals surface area contributed by atoms with Crippen LogP contribution < -0.4 is 14.2 Å². The first-order chi connectivity index (χ1) is 15.2. The lowest BCUT2D eigenvalue weighted by Crippen LogP contribution is -2.33. The van der Waals surface area contributed by atoms with Crippen LogP contribution in [0.25, 0.3) is 0 Å². The van der Waals surface area contributed by atoms with E-state index in [0.29, 0.717) is 6.61 Å². The standard InChI is InChI=1S/C25H23BrN2O3/c1-3-30-20-11-6-17(7-12-20)25-28-23(21-14-18(26)8-13-24(21)31-25)15-22(27-28)16-4-9-19(29-2)10-5-16/h4-14,23,25H,3,15H2,1-2H3/t23-,25+/m0/s1. The molecule has 0 saturated carbocycles. The molecule has 5 rings (SSSR count). The monoisotopic (exact) mass is 478 g/mol. The summed E-state index contributed by atoms with van der Waals surface area (Å²) in [5.74, 6) is 2.59. The number of nitrogens with zero attached hydrogens (tertiary/aromatic N) is 2. The Bertz CT molecular complexity index is 1110. The molecule has 0 amide bonds. The topological polar surface area (TPSA) is 43.3 Å². The van der Waals surface area contributed by atoms with Gasteiger partial charge in [-0.05, 0) is 79.2 Å². The second-order valence-electron chi connectivity index (χ2n) is 7.53. The molecule has 0 unspecified atom stereocenters. The molecule has 31 heavy (non-hydrogen) atoms. The highest BCUT2D eigenvalue weighted by atomic mass is 79.9. The highest BCUT2D eigenvalue weighted by molar-refractivity contribution is 9.10. The molecule has 0 bridgehead atoms. The maximum atomic E-state index is 6.44. The second-order valence-corrected chi connectivity index (χ2v) is 8.45. The molecule has 2 heterocycles. The van der Waals surface area contributed by atoms with Crippen LogP contribution in [0, 0.1) is 0 Å². The van der Waals surface area contributed by atoms with Crippen molar-refractivity contribution in [2.45, 2.75) is 25.6 Å². The number of hydrogen-bond acceptors (Lipinski definition) is 5. The first-order valence-corrected chi connectivity index (χ1v) is 11.1. The van der Waals surface area contributed by atoms with E-state index in [-0.39, 0.29) is 12.3 Å². The van der Waals surface area contributed by atoms with Gasteiger partial charge in [0.15, 0.2) is 0 Å². The Morgan fingerprint density at radius 3 is 2.48 bits per heavy atom. The van der Waals surface area contributed by atoms with Gasteiger partial charge in [0.25, 0.3) is 0 Å². The van der Waals surface area contributed by atoms with E-state index in [1.165, 1.54) is 0 Å². The summed E-state index contributed by atoms with van der Waals surface area (Å²) in [6, 6.07) is 22.4. The van der Waals surface area contributed by atoms with Gasteiger partial charge in [0, 0.05) is 22.0 Å². The molecule has 0 N–H and O–H groups in total. The Balaban J connectivity index is 1.53. The Labute approximate surface area is 190 Å². The quantitative estimate of drug-likeness (QED) is 0.444. The lowest BCUT2D eigenvalue weighted by atomic mass is 9.96. The number of halogens is 1. The molecule has 3 aromatic carbocycles. The summed E-state index contributed by atoms with van der Waals surface area (Å²) in [6.07, 6.45) is 0.511. The number of fused-ring (bicyclic) bond motifs is 3. The van der Waals surface area contributed by atoms with Crippen molar-refractivity contribution in [3.05, 3.63) is 87.9 Å². The van der Waals surface area contributed by atoms with Gasteiger partial charge in [-0.15, -0.1) is 0 Å². The lowest BCUT2D eigenvalue weighted by Gasteiger charge is -2.38. The highest BCUT2D eigenvalue weighted by Crippen LogP contribution is 2.48. The first kappa shape index (κ1) is 19.9. The van der Waals surface area contributed by atoms with Crippen LogP contribution in [0.4, 0.5) is 0 Å². The molecule has 2 atom stereocenters. The van der Waals surface area contributed by atoms with Crippen LogP contribution in [0.5, 0.6) is 17.2 Å². The molecule has 0 aliphatic carbocycles. The van der Waals surface area contributed by atoms with Gasteiger partial charge >= 0.3 is 0 Å². The van der Waals surface area contributed by atoms with Crippen LogP contribution in [0.2, 0.25) is 0 Å². The molecule has 3 aromatic rings. The van der Waals surface area contributed by atoms with E-state index in [9.17, 15) is 0 Å². The van der Waals surface area contributed by atoms with Gasteiger partial charge in [0.2, 0.25) is 6.23 Å². The SMILES string of the molecule is CCOc1ccc([C@H]2Oc3ccc(Br)cc3[C@@H]3CC(c4ccc(OC)cc4)=NN23)cc1. The molecule has 0 saturated heterocycles. The molecule has 2 aliphatic rings. The zero-order chi connectivity index (χ0) is 21.4. The van der Waals surface area contributed by atoms with Gasteiger partial charge in [0.05, 0.1) is 25.5 Å². The molecule has 2 aliphatic heterocycles. The zero-order valence-electron chi connectivity index (χ0n) is 17.4. The predicted molar refractivity (Wildman–Crippen MR) is 124 cm³/mol. The van der Waals surface area contributed by atoms with E-state index in [0.717, 1.165) is 50.5 Å². The van der Waals surface area contributed by atoms with E-state index < -0.39 is 0 Å². The van der Waals surface area contributed by atoms with E-state index in [4.69, 9.17) is 19.3 Å². The minimum atomic E-state index is -0.301. The third-order valence-electron chi connectivity index (χ3n) is 5.65. The Hall–Kier alpha value is -2.99. The highest BCUT2D eigenvalue weighted by Gasteiger charge is 2.41. The molecule has 5 nitrogen and oxygen atoms in total. The third kappa shape index (κ3) is 3.76. The number of ether oxygens (including phenoxy) is 3. The van der Waals surface area contributed by atoms with Crippen molar-refractivity contribution in [3.63, 3.8) is 0 Å². The molecular weight excluding hydrogens is 456 g/mol. The molecule has 6 heteroatoms. The smallest absolute Gasteiger partial charge is 0.213 e. The maximum Gasteiger partial charge on any atom is 0.213 e. The fourth-order valence-corrected chi connectivity index (χ4v) is 4.51. The number of hydrazone groups is 1. The molecule has 0 radical (unpaired) electrons. The zero-order valence-corrected chi connectivity index (χ0v) is 19.0. The summed E-state index contributed by atoms with van der Waals surface area (Å²) in [5, 5.41) is 7.11. The Morgan fingerprint density at radius 1 is 1.03 bits per heavy atom. The number of rotatable bonds is 5. The summed E-state index contributed by atoms with van der Waals surface area (Å²) < 4.78 is 18.4. The maximum absolute atomic E-state index is 6.44. The van der Waals surface area contributed by atoms with Crippen molar-refractivity contribution in [1.82, 2.24) is 5.01 Å². The van der Waals surface area contributed by atoms with Crippen molar-refractivity contribution in [2.24, 2.45) is 5.10 Å². The van der Waals surface area contributed by atoms with E-state index >= 15 is 0 Å². The predicted octanol–water partition coefficient (Wildman–Crippen LogP) is 6.10. The first-order valence-electron chi connectivity index (χ1n) is 10.4. The molecule has 0 aromatic heterocycles. The van der Waals surface area contributed by atoms with Gasteiger partial charge in [-0.1, -0.05) is 15.9 Å². The van der Waals surface area contributed by atoms with Crippen LogP contribution in [0.15, 0.2) is 76.3 Å². The van der Waals surface area contributed by atoms with Gasteiger partial charge in [0.1, 0.15) is 17.2 Å². The van der Waals surface area contributed by atoms with E-state index in [1.807, 2.05) is 43.3 Å². The van der Waals surface area contributed by atoms with Crippen LogP contribution in [0.1, 0.15) is 42.3 Å². The van der Waals surface area contributed by atoms with Crippen LogP contribution >= 0.6 is 15.9 Å². The van der Waals surface area contributed by atoms with Gasteiger partial charge in [-0.2, -0.15) is 5.10 Å². The van der Waals surface area contributed by atoms with Crippen LogP contribution in [-0.2, 0) is 0 Å². The number of hydrogen-bond donors (Lipinski definition) is 0. The summed E-state index contributed by atoms with van der Waals surface area (Å²) >= 11 is 3.61. The normalized spacial score (nSPS) is 19.2. The molecular formula is C25H23BrN2O3. The lowest BCUT2D eigenvalue weighted by molar-refractivity contribution is -0.0191. The number of methoxy groups -OCH3 is 1. The third-order valence-corrected chi connectivity index (χ3v) is 6.14. The summed E-state index contributed by atoms with van der Waals surface area (Å²) in [6.45, 7) is 2.63. The minimum absolute atomic E-state index is 0.106. The van der Waals surface area contributed by atoms with Crippen molar-refractivity contribution in [1.29, 1.82) is 0 Å². The molecule has 0 spiro atoms. The summed E-state index contributed by atoms with van der Waals surface area (Å²) in [5.41, 5.74) is 4.32. The Morgan fingerprint density at radius 2 is 1.77 bits per heavy atom. The van der Waals surface area contributed by atoms with Crippen LogP contribution in [0.3, 0.4) is 0 Å². The molecule has 0 fully saturated rings. The summed E-state index contributed by atoms with van der Waals surface area (Å²) in [7, 11) is 1.68. The van der Waals surface area contributed by atoms with Crippen LogP contribution in [-0.4, -0.2) is 24.4 Å².